The van der Waals surface area contributed by atoms with Crippen molar-refractivity contribution >= 4 is 5.91 Å². The molecule has 1 N–H and O–H groups in total. The van der Waals surface area contributed by atoms with Crippen LogP contribution in [0.3, 0.4) is 0 Å². The van der Waals surface area contributed by atoms with E-state index < -0.39 is 0 Å². The van der Waals surface area contributed by atoms with Crippen LogP contribution in [0.25, 0.3) is 0 Å². The van der Waals surface area contributed by atoms with Gasteiger partial charge in [0, 0.05) is 46.4 Å². The number of nitrogens with zero attached hydrogens (tertiary/aromatic N) is 3. The van der Waals surface area contributed by atoms with E-state index in [1.807, 2.05) is 33.4 Å². The van der Waals surface area contributed by atoms with Gasteiger partial charge in [-0.2, -0.15) is 5.10 Å². The van der Waals surface area contributed by atoms with E-state index in [9.17, 15) is 4.79 Å². The number of rotatable bonds is 5. The van der Waals surface area contributed by atoms with Crippen LogP contribution in [-0.4, -0.2) is 60.5 Å². The monoisotopic (exact) mass is 280 g/mol. The van der Waals surface area contributed by atoms with Crippen LogP contribution in [0, 0.1) is 5.92 Å². The summed E-state index contributed by atoms with van der Waals surface area (Å²) in [7, 11) is 5.41. The van der Waals surface area contributed by atoms with E-state index in [1.165, 1.54) is 0 Å². The van der Waals surface area contributed by atoms with Gasteiger partial charge in [0.05, 0.1) is 24.8 Å². The lowest BCUT2D eigenvalue weighted by atomic mass is 9.89. The summed E-state index contributed by atoms with van der Waals surface area (Å²) in [5.74, 6) is 0.352. The number of hydrogen-bond donors (Lipinski definition) is 1. The highest BCUT2D eigenvalue weighted by atomic mass is 16.5. The molecule has 20 heavy (non-hydrogen) atoms. The van der Waals surface area contributed by atoms with E-state index in [1.54, 1.807) is 16.7 Å². The zero-order valence-electron chi connectivity index (χ0n) is 12.7. The molecule has 2 heterocycles. The highest BCUT2D eigenvalue weighted by Crippen LogP contribution is 2.29. The van der Waals surface area contributed by atoms with Crippen LogP contribution in [-0.2, 0) is 16.6 Å². The van der Waals surface area contributed by atoms with Crippen molar-refractivity contribution in [3.63, 3.8) is 0 Å². The highest BCUT2D eigenvalue weighted by molar-refractivity contribution is 5.80. The predicted molar refractivity (Wildman–Crippen MR) is 76.4 cm³/mol. The number of carbonyl (C=O) groups is 1. The van der Waals surface area contributed by atoms with Crippen molar-refractivity contribution in [2.24, 2.45) is 13.0 Å². The third kappa shape index (κ3) is 3.02. The molecule has 1 aromatic heterocycles. The molecule has 112 valence electrons. The molecule has 0 spiro atoms. The van der Waals surface area contributed by atoms with E-state index in [4.69, 9.17) is 4.74 Å². The molecule has 2 rings (SSSR count). The van der Waals surface area contributed by atoms with Crippen LogP contribution >= 0.6 is 0 Å². The molecule has 0 saturated carbocycles. The Kier molecular flexibility index (Phi) is 4.77. The maximum atomic E-state index is 12.7. The first kappa shape index (κ1) is 15.0. The van der Waals surface area contributed by atoms with E-state index in [0.29, 0.717) is 6.61 Å². The average molecular weight is 280 g/mol. The molecule has 1 aliphatic heterocycles. The van der Waals surface area contributed by atoms with Gasteiger partial charge in [-0.3, -0.25) is 9.48 Å². The van der Waals surface area contributed by atoms with Gasteiger partial charge in [0.1, 0.15) is 0 Å². The van der Waals surface area contributed by atoms with Gasteiger partial charge in [0.25, 0.3) is 0 Å². The fraction of sp³-hybridized carbons (Fsp3) is 0.714. The second-order valence-corrected chi connectivity index (χ2v) is 5.57. The minimum atomic E-state index is -0.0245. The lowest BCUT2D eigenvalue weighted by Gasteiger charge is -2.28. The number of hydrogen-bond acceptors (Lipinski definition) is 4. The molecule has 0 radical (unpaired) electrons. The van der Waals surface area contributed by atoms with Crippen LogP contribution in [0.15, 0.2) is 12.4 Å². The first-order chi connectivity index (χ1) is 9.54. The quantitative estimate of drug-likeness (QED) is 0.838. The Morgan fingerprint density at radius 2 is 2.40 bits per heavy atom. The summed E-state index contributed by atoms with van der Waals surface area (Å²) in [5, 5.41) is 7.53. The van der Waals surface area contributed by atoms with Crippen molar-refractivity contribution in [3.8, 4) is 0 Å². The first-order valence-electron chi connectivity index (χ1n) is 6.99. The van der Waals surface area contributed by atoms with Crippen molar-refractivity contribution in [2.75, 3.05) is 33.9 Å². The smallest absolute Gasteiger partial charge is 0.227 e. The molecule has 6 heteroatoms. The molecule has 3 atom stereocenters. The second-order valence-electron chi connectivity index (χ2n) is 5.57. The van der Waals surface area contributed by atoms with Crippen LogP contribution < -0.4 is 5.32 Å². The normalized spacial score (nSPS) is 23.8. The lowest BCUT2D eigenvalue weighted by Crippen LogP contribution is -2.43. The Balaban J connectivity index is 2.08. The molecule has 1 amide bonds. The van der Waals surface area contributed by atoms with Crippen molar-refractivity contribution in [3.05, 3.63) is 18.0 Å². The van der Waals surface area contributed by atoms with Gasteiger partial charge in [-0.25, -0.2) is 0 Å². The summed E-state index contributed by atoms with van der Waals surface area (Å²) in [5.41, 5.74) is 1.13. The number of likely N-dealkylation sites (N-methyl/N-ethyl adjacent to an activating group) is 1. The number of aromatic nitrogens is 2. The summed E-state index contributed by atoms with van der Waals surface area (Å²) < 4.78 is 6.91. The number of amides is 1. The minimum Gasteiger partial charge on any atom is -0.383 e. The first-order valence-corrected chi connectivity index (χ1v) is 6.99. The largest absolute Gasteiger partial charge is 0.383 e. The Labute approximate surface area is 120 Å². The van der Waals surface area contributed by atoms with E-state index in [0.717, 1.165) is 18.7 Å². The summed E-state index contributed by atoms with van der Waals surface area (Å²) >= 11 is 0. The lowest BCUT2D eigenvalue weighted by molar-refractivity contribution is -0.136. The molecule has 1 fully saturated rings. The standard InChI is InChI=1S/C14H24N4O2/c1-10(9-20-4)18(3)14(19)13-7-15-6-12(13)11-5-16-17(2)8-11/h5,8,10,12-13,15H,6-7,9H2,1-4H3/t10?,12-,13+/m1/s1. The van der Waals surface area contributed by atoms with Crippen LogP contribution in [0.2, 0.25) is 0 Å². The third-order valence-corrected chi connectivity index (χ3v) is 4.10. The van der Waals surface area contributed by atoms with Crippen molar-refractivity contribution in [1.82, 2.24) is 20.0 Å². The van der Waals surface area contributed by atoms with Gasteiger partial charge in [-0.05, 0) is 12.5 Å². The SMILES string of the molecule is COCC(C)N(C)C(=O)[C@H]1CNC[C@@H]1c1cnn(C)c1. The summed E-state index contributed by atoms with van der Waals surface area (Å²) in [6.45, 7) is 4.11. The third-order valence-electron chi connectivity index (χ3n) is 4.10. The molecule has 0 aliphatic carbocycles. The average Bonchev–Trinajstić information content (AvgIpc) is 3.05. The van der Waals surface area contributed by atoms with Crippen molar-refractivity contribution in [1.29, 1.82) is 0 Å². The molecule has 1 saturated heterocycles. The van der Waals surface area contributed by atoms with Gasteiger partial charge in [-0.1, -0.05) is 0 Å². The Bertz CT molecular complexity index is 460. The molecule has 1 aromatic rings. The number of ether oxygens (including phenoxy) is 1. The second kappa shape index (κ2) is 6.37. The molecule has 0 bridgehead atoms. The van der Waals surface area contributed by atoms with Gasteiger partial charge < -0.3 is 15.0 Å². The Morgan fingerprint density at radius 3 is 3.00 bits per heavy atom. The van der Waals surface area contributed by atoms with Gasteiger partial charge in [-0.15, -0.1) is 0 Å². The van der Waals surface area contributed by atoms with Crippen LogP contribution in [0.5, 0.6) is 0 Å². The van der Waals surface area contributed by atoms with Gasteiger partial charge in [0.2, 0.25) is 5.91 Å². The Morgan fingerprint density at radius 1 is 1.65 bits per heavy atom. The number of aryl methyl sites for hydroxylation is 1. The molecular weight excluding hydrogens is 256 g/mol. The van der Waals surface area contributed by atoms with E-state index in [-0.39, 0.29) is 23.8 Å². The minimum absolute atomic E-state index is 0.0245. The number of nitrogens with one attached hydrogen (secondary N) is 1. The molecular formula is C14H24N4O2. The van der Waals surface area contributed by atoms with Gasteiger partial charge in [0.15, 0.2) is 0 Å². The predicted octanol–water partition coefficient (Wildman–Crippen LogP) is 0.216. The molecule has 0 aromatic carbocycles. The molecule has 1 unspecified atom stereocenters. The summed E-state index contributed by atoms with van der Waals surface area (Å²) in [6, 6.07) is 0.0858. The molecule has 6 nitrogen and oxygen atoms in total. The topological polar surface area (TPSA) is 59.4 Å². The maximum absolute atomic E-state index is 12.7. The zero-order valence-corrected chi connectivity index (χ0v) is 12.7. The van der Waals surface area contributed by atoms with Crippen LogP contribution in [0.1, 0.15) is 18.4 Å². The zero-order chi connectivity index (χ0) is 14.7. The van der Waals surface area contributed by atoms with Gasteiger partial charge >= 0.3 is 0 Å². The van der Waals surface area contributed by atoms with E-state index in [2.05, 4.69) is 10.4 Å². The number of methoxy groups -OCH3 is 1. The molecule has 1 aliphatic rings. The summed E-state index contributed by atoms with van der Waals surface area (Å²) in [6.07, 6.45) is 3.85. The Hall–Kier alpha value is -1.40. The number of carbonyl (C=O) groups excluding carboxylic acids is 1. The fourth-order valence-electron chi connectivity index (χ4n) is 2.75. The van der Waals surface area contributed by atoms with Crippen molar-refractivity contribution < 1.29 is 9.53 Å². The highest BCUT2D eigenvalue weighted by Gasteiger charge is 2.37. The fourth-order valence-corrected chi connectivity index (χ4v) is 2.75. The summed E-state index contributed by atoms with van der Waals surface area (Å²) in [4.78, 5) is 14.5. The van der Waals surface area contributed by atoms with Crippen LogP contribution in [0.4, 0.5) is 0 Å². The van der Waals surface area contributed by atoms with Crippen molar-refractivity contribution in [2.45, 2.75) is 18.9 Å². The maximum Gasteiger partial charge on any atom is 0.227 e. The van der Waals surface area contributed by atoms with E-state index >= 15 is 0 Å².